The molecule has 3 rings (SSSR count). The van der Waals surface area contributed by atoms with Crippen LogP contribution >= 0.6 is 11.6 Å². The van der Waals surface area contributed by atoms with Crippen molar-refractivity contribution < 1.29 is 0 Å². The summed E-state index contributed by atoms with van der Waals surface area (Å²) in [6, 6.07) is 3.93. The van der Waals surface area contributed by atoms with E-state index in [2.05, 4.69) is 21.5 Å². The van der Waals surface area contributed by atoms with E-state index in [9.17, 15) is 0 Å². The topological polar surface area (TPSA) is 30.7 Å². The molecule has 0 radical (unpaired) electrons. The normalized spacial score (nSPS) is 20.2. The molecule has 0 spiro atoms. The molecule has 2 aromatic heterocycles. The molecule has 1 aliphatic rings. The van der Waals surface area contributed by atoms with Crippen molar-refractivity contribution in [3.05, 3.63) is 24.2 Å². The van der Waals surface area contributed by atoms with Gasteiger partial charge in [0.15, 0.2) is 5.65 Å². The highest BCUT2D eigenvalue weighted by Gasteiger charge is 2.37. The molecule has 4 heteroatoms. The van der Waals surface area contributed by atoms with Crippen molar-refractivity contribution in [1.29, 1.82) is 0 Å². The lowest BCUT2D eigenvalue weighted by Gasteiger charge is -2.41. The number of nitrogens with zero attached hydrogens (tertiary/aromatic N) is 3. The van der Waals surface area contributed by atoms with Gasteiger partial charge >= 0.3 is 0 Å². The molecule has 0 amide bonds. The summed E-state index contributed by atoms with van der Waals surface area (Å²) in [5.74, 6) is 0.947. The van der Waals surface area contributed by atoms with E-state index in [0.717, 1.165) is 17.0 Å². The fraction of sp³-hybridized carbons (Fsp3) is 0.538. The second-order valence-corrected chi connectivity index (χ2v) is 5.77. The van der Waals surface area contributed by atoms with Crippen LogP contribution in [-0.2, 0) is 5.54 Å². The smallest absolute Gasteiger partial charge is 0.160 e. The molecule has 0 saturated heterocycles. The lowest BCUT2D eigenvalue weighted by molar-refractivity contribution is 0.168. The van der Waals surface area contributed by atoms with Crippen molar-refractivity contribution in [2.45, 2.75) is 44.0 Å². The molecule has 90 valence electrons. The number of halogens is 1. The lowest BCUT2D eigenvalue weighted by Crippen LogP contribution is -2.38. The van der Waals surface area contributed by atoms with E-state index in [1.807, 2.05) is 25.3 Å². The first-order valence-electron chi connectivity index (χ1n) is 6.10. The van der Waals surface area contributed by atoms with Crippen LogP contribution in [0, 0.1) is 0 Å². The number of alkyl halides is 1. The van der Waals surface area contributed by atoms with Crippen LogP contribution in [0.5, 0.6) is 0 Å². The van der Waals surface area contributed by atoms with Crippen LogP contribution in [0.3, 0.4) is 0 Å². The summed E-state index contributed by atoms with van der Waals surface area (Å²) in [6.07, 6.45) is 5.47. The highest BCUT2D eigenvalue weighted by molar-refractivity contribution is 6.20. The molecule has 2 aromatic rings. The lowest BCUT2D eigenvalue weighted by atomic mass is 9.78. The summed E-state index contributed by atoms with van der Waals surface area (Å²) in [4.78, 5) is 9.10. The van der Waals surface area contributed by atoms with E-state index in [1.165, 1.54) is 19.3 Å². The molecule has 0 aromatic carbocycles. The number of fused-ring (bicyclic) bond motifs is 1. The maximum Gasteiger partial charge on any atom is 0.160 e. The largest absolute Gasteiger partial charge is 0.306 e. The average Bonchev–Trinajstić information content (AvgIpc) is 2.65. The first-order valence-corrected chi connectivity index (χ1v) is 6.53. The Morgan fingerprint density at radius 3 is 2.82 bits per heavy atom. The molecule has 3 nitrogen and oxygen atoms in total. The number of rotatable bonds is 2. The Morgan fingerprint density at radius 1 is 1.47 bits per heavy atom. The Kier molecular flexibility index (Phi) is 2.40. The molecular weight excluding hydrogens is 234 g/mol. The van der Waals surface area contributed by atoms with Gasteiger partial charge in [-0.1, -0.05) is 0 Å². The van der Waals surface area contributed by atoms with Crippen molar-refractivity contribution in [1.82, 2.24) is 14.5 Å². The molecule has 0 N–H and O–H groups in total. The van der Waals surface area contributed by atoms with Gasteiger partial charge in [0, 0.05) is 11.7 Å². The van der Waals surface area contributed by atoms with Gasteiger partial charge in [0.25, 0.3) is 0 Å². The van der Waals surface area contributed by atoms with E-state index < -0.39 is 0 Å². The van der Waals surface area contributed by atoms with Gasteiger partial charge in [0.2, 0.25) is 0 Å². The van der Waals surface area contributed by atoms with Gasteiger partial charge in [0.05, 0.1) is 5.38 Å². The van der Waals surface area contributed by atoms with Crippen LogP contribution in [0.15, 0.2) is 18.3 Å². The Bertz CT molecular complexity index is 555. The Morgan fingerprint density at radius 2 is 2.24 bits per heavy atom. The van der Waals surface area contributed by atoms with E-state index in [4.69, 9.17) is 11.6 Å². The zero-order valence-electron chi connectivity index (χ0n) is 10.2. The quantitative estimate of drug-likeness (QED) is 0.761. The molecule has 0 aliphatic heterocycles. The number of hydrogen-bond donors (Lipinski definition) is 0. The van der Waals surface area contributed by atoms with Gasteiger partial charge in [-0.25, -0.2) is 9.97 Å². The predicted molar refractivity (Wildman–Crippen MR) is 69.3 cm³/mol. The van der Waals surface area contributed by atoms with Crippen LogP contribution in [0.2, 0.25) is 0 Å². The van der Waals surface area contributed by atoms with Crippen LogP contribution in [0.25, 0.3) is 11.2 Å². The summed E-state index contributed by atoms with van der Waals surface area (Å²) in [5.41, 5.74) is 2.07. The first kappa shape index (κ1) is 11.0. The van der Waals surface area contributed by atoms with E-state index >= 15 is 0 Å². The number of hydrogen-bond acceptors (Lipinski definition) is 2. The summed E-state index contributed by atoms with van der Waals surface area (Å²) in [7, 11) is 0. The summed E-state index contributed by atoms with van der Waals surface area (Å²) < 4.78 is 2.25. The zero-order chi connectivity index (χ0) is 12.0. The van der Waals surface area contributed by atoms with Crippen LogP contribution in [-0.4, -0.2) is 14.5 Å². The standard InChI is InChI=1S/C13H16ClN3/c1-9(14)11-16-10-5-3-8-15-12(10)17(11)13(2)6-4-7-13/h3,5,8-9H,4,6-7H2,1-2H3. The van der Waals surface area contributed by atoms with Gasteiger partial charge in [0.1, 0.15) is 11.3 Å². The van der Waals surface area contributed by atoms with Crippen LogP contribution in [0.1, 0.15) is 44.3 Å². The minimum absolute atomic E-state index is 0.0818. The SMILES string of the molecule is CC(Cl)c1nc2cccnc2n1C1(C)CCC1. The van der Waals surface area contributed by atoms with Crippen molar-refractivity contribution in [2.24, 2.45) is 0 Å². The maximum atomic E-state index is 6.26. The third kappa shape index (κ3) is 1.56. The Balaban J connectivity index is 2.28. The predicted octanol–water partition coefficient (Wildman–Crippen LogP) is 3.63. The minimum atomic E-state index is -0.0818. The monoisotopic (exact) mass is 249 g/mol. The second-order valence-electron chi connectivity index (χ2n) is 5.12. The highest BCUT2D eigenvalue weighted by atomic mass is 35.5. The summed E-state index contributed by atoms with van der Waals surface area (Å²) in [6.45, 7) is 4.25. The van der Waals surface area contributed by atoms with Crippen molar-refractivity contribution >= 4 is 22.8 Å². The fourth-order valence-corrected chi connectivity index (χ4v) is 2.79. The first-order chi connectivity index (χ1) is 8.12. The molecule has 17 heavy (non-hydrogen) atoms. The molecule has 1 fully saturated rings. The average molecular weight is 250 g/mol. The molecule has 1 aliphatic carbocycles. The molecule has 1 saturated carbocycles. The van der Waals surface area contributed by atoms with Crippen LogP contribution in [0.4, 0.5) is 0 Å². The fourth-order valence-electron chi connectivity index (χ4n) is 2.64. The van der Waals surface area contributed by atoms with Crippen molar-refractivity contribution in [3.8, 4) is 0 Å². The van der Waals surface area contributed by atoms with Gasteiger partial charge in [-0.05, 0) is 45.2 Å². The van der Waals surface area contributed by atoms with Gasteiger partial charge in [-0.3, -0.25) is 0 Å². The molecule has 0 bridgehead atoms. The van der Waals surface area contributed by atoms with E-state index in [0.29, 0.717) is 0 Å². The van der Waals surface area contributed by atoms with Crippen LogP contribution < -0.4 is 0 Å². The maximum absolute atomic E-state index is 6.26. The van der Waals surface area contributed by atoms with Gasteiger partial charge in [-0.2, -0.15) is 0 Å². The molecule has 1 atom stereocenters. The van der Waals surface area contributed by atoms with Crippen molar-refractivity contribution in [2.75, 3.05) is 0 Å². The summed E-state index contributed by atoms with van der Waals surface area (Å²) in [5, 5.41) is -0.0818. The zero-order valence-corrected chi connectivity index (χ0v) is 10.9. The van der Waals surface area contributed by atoms with E-state index in [1.54, 1.807) is 0 Å². The van der Waals surface area contributed by atoms with Gasteiger partial charge < -0.3 is 4.57 Å². The van der Waals surface area contributed by atoms with Gasteiger partial charge in [-0.15, -0.1) is 11.6 Å². The Hall–Kier alpha value is -1.09. The molecule has 2 heterocycles. The van der Waals surface area contributed by atoms with E-state index in [-0.39, 0.29) is 10.9 Å². The Labute approximate surface area is 106 Å². The molecule has 1 unspecified atom stereocenters. The third-order valence-electron chi connectivity index (χ3n) is 3.77. The summed E-state index contributed by atoms with van der Waals surface area (Å²) >= 11 is 6.26. The van der Waals surface area contributed by atoms with Crippen molar-refractivity contribution in [3.63, 3.8) is 0 Å². The molecular formula is C13H16ClN3. The number of aromatic nitrogens is 3. The third-order valence-corrected chi connectivity index (χ3v) is 3.96. The minimum Gasteiger partial charge on any atom is -0.306 e. The number of imidazole rings is 1. The second kappa shape index (κ2) is 3.70. The number of pyridine rings is 1. The highest BCUT2D eigenvalue weighted by Crippen LogP contribution is 2.42.